The Morgan fingerprint density at radius 1 is 1.70 bits per heavy atom. The fraction of sp³-hybridized carbons (Fsp3) is 0.667. The molecule has 3 aliphatic rings. The number of fused-ring (bicyclic) bond motifs is 3. The van der Waals surface area contributed by atoms with Crippen LogP contribution in [0.2, 0.25) is 0 Å². The van der Waals surface area contributed by atoms with Crippen LogP contribution in [0.25, 0.3) is 0 Å². The minimum absolute atomic E-state index is 0.0771. The van der Waals surface area contributed by atoms with E-state index < -0.39 is 0 Å². The van der Waals surface area contributed by atoms with Crippen LogP contribution in [0.4, 0.5) is 0 Å². The lowest BCUT2D eigenvalue weighted by Crippen LogP contribution is -2.35. The average molecular weight is 192 g/mol. The largest absolute Gasteiger partial charge is 0.315 e. The Balaban J connectivity index is 2.05. The second-order valence-corrected chi connectivity index (χ2v) is 6.10. The number of hydrogen-bond donors (Lipinski definition) is 1. The van der Waals surface area contributed by atoms with Gasteiger partial charge in [-0.2, -0.15) is 0 Å². The van der Waals surface area contributed by atoms with Gasteiger partial charge >= 0.3 is 0 Å². The van der Waals surface area contributed by atoms with Gasteiger partial charge in [0, 0.05) is 5.03 Å². The van der Waals surface area contributed by atoms with E-state index in [1.54, 1.807) is 0 Å². The van der Waals surface area contributed by atoms with Crippen LogP contribution >= 0.6 is 35.1 Å². The Bertz CT molecular complexity index is 242. The molecule has 0 aromatic heterocycles. The van der Waals surface area contributed by atoms with Crippen molar-refractivity contribution < 1.29 is 0 Å². The van der Waals surface area contributed by atoms with Gasteiger partial charge in [0.15, 0.2) is 0 Å². The molecule has 1 nitrogen and oxygen atoms in total. The molecule has 0 aromatic carbocycles. The monoisotopic (exact) mass is 191 g/mol. The van der Waals surface area contributed by atoms with Crippen LogP contribution < -0.4 is 5.73 Å². The zero-order chi connectivity index (χ0) is 6.93. The summed E-state index contributed by atoms with van der Waals surface area (Å²) in [5.41, 5.74) is 6.04. The lowest BCUT2D eigenvalue weighted by atomic mass is 10.0. The maximum absolute atomic E-state index is 6.04. The van der Waals surface area contributed by atoms with Gasteiger partial charge in [0.25, 0.3) is 0 Å². The van der Waals surface area contributed by atoms with Crippen LogP contribution in [0.5, 0.6) is 0 Å². The van der Waals surface area contributed by atoms with E-state index in [1.165, 1.54) is 0 Å². The van der Waals surface area contributed by atoms with Gasteiger partial charge in [0.1, 0.15) is 0 Å². The highest BCUT2D eigenvalue weighted by Gasteiger charge is 2.69. The second kappa shape index (κ2) is 1.56. The van der Waals surface area contributed by atoms with E-state index in [0.717, 1.165) is 5.03 Å². The molecule has 4 unspecified atom stereocenters. The van der Waals surface area contributed by atoms with Crippen LogP contribution in [0.15, 0.2) is 11.1 Å². The third-order valence-corrected chi connectivity index (χ3v) is 5.78. The maximum Gasteiger partial charge on any atom is 0.0918 e. The highest BCUT2D eigenvalue weighted by atomic mass is 35.5. The molecule has 2 N–H and O–H groups in total. The van der Waals surface area contributed by atoms with Crippen LogP contribution in [-0.2, 0) is 0 Å². The van der Waals surface area contributed by atoms with E-state index in [1.807, 2.05) is 23.5 Å². The highest BCUT2D eigenvalue weighted by molar-refractivity contribution is 8.14. The Kier molecular flexibility index (Phi) is 0.969. The van der Waals surface area contributed by atoms with Gasteiger partial charge in [0.05, 0.1) is 20.6 Å². The quantitative estimate of drug-likeness (QED) is 0.586. The van der Waals surface area contributed by atoms with Crippen molar-refractivity contribution in [2.45, 2.75) is 20.6 Å². The molecule has 0 saturated carbocycles. The third kappa shape index (κ3) is 0.583. The maximum atomic E-state index is 6.04. The smallest absolute Gasteiger partial charge is 0.0918 e. The van der Waals surface area contributed by atoms with Gasteiger partial charge in [0.2, 0.25) is 0 Å². The topological polar surface area (TPSA) is 26.0 Å². The second-order valence-electron chi connectivity index (χ2n) is 2.92. The van der Waals surface area contributed by atoms with E-state index >= 15 is 0 Å². The lowest BCUT2D eigenvalue weighted by Gasteiger charge is -2.08. The lowest BCUT2D eigenvalue weighted by molar-refractivity contribution is 0.696. The molecule has 0 bridgehead atoms. The normalized spacial score (nSPS) is 62.2. The Morgan fingerprint density at radius 2 is 2.50 bits per heavy atom. The summed E-state index contributed by atoms with van der Waals surface area (Å²) in [5, 5.41) is 2.74. The van der Waals surface area contributed by atoms with Crippen molar-refractivity contribution in [3.8, 4) is 0 Å². The molecule has 2 aliphatic heterocycles. The van der Waals surface area contributed by atoms with Crippen LogP contribution in [-0.4, -0.2) is 20.6 Å². The Morgan fingerprint density at radius 3 is 3.30 bits per heavy atom. The molecule has 10 heavy (non-hydrogen) atoms. The Labute approximate surface area is 72.7 Å². The molecule has 0 amide bonds. The molecule has 4 heteroatoms. The molecule has 4 atom stereocenters. The first-order valence-corrected chi connectivity index (χ1v) is 5.41. The van der Waals surface area contributed by atoms with Crippen molar-refractivity contribution in [2.75, 3.05) is 0 Å². The third-order valence-electron chi connectivity index (χ3n) is 2.24. The van der Waals surface area contributed by atoms with Gasteiger partial charge in [-0.05, 0) is 0 Å². The van der Waals surface area contributed by atoms with Crippen LogP contribution in [0.1, 0.15) is 0 Å². The zero-order valence-corrected chi connectivity index (χ0v) is 7.47. The number of halogens is 1. The molecule has 3 rings (SSSR count). The summed E-state index contributed by atoms with van der Waals surface area (Å²) in [6.45, 7) is 0. The van der Waals surface area contributed by atoms with Gasteiger partial charge in [-0.1, -0.05) is 17.7 Å². The van der Waals surface area contributed by atoms with Crippen molar-refractivity contribution in [3.05, 3.63) is 11.1 Å². The molecule has 2 saturated heterocycles. The molecule has 0 radical (unpaired) electrons. The minimum Gasteiger partial charge on any atom is -0.315 e. The van der Waals surface area contributed by atoms with Crippen molar-refractivity contribution in [1.29, 1.82) is 0 Å². The molecule has 1 aliphatic carbocycles. The summed E-state index contributed by atoms with van der Waals surface area (Å²) in [6.07, 6.45) is 2.12. The molecule has 2 heterocycles. The van der Waals surface area contributed by atoms with Gasteiger partial charge < -0.3 is 5.73 Å². The van der Waals surface area contributed by atoms with Crippen LogP contribution in [0.3, 0.4) is 0 Å². The fourth-order valence-electron chi connectivity index (χ4n) is 1.48. The Hall–Kier alpha value is 0.690. The fourth-order valence-corrected chi connectivity index (χ4v) is 4.78. The van der Waals surface area contributed by atoms with Gasteiger partial charge in [-0.3, -0.25) is 0 Å². The predicted octanol–water partition coefficient (Wildman–Crippen LogP) is 1.38. The molecule has 0 spiro atoms. The number of rotatable bonds is 0. The summed E-state index contributed by atoms with van der Waals surface area (Å²) >= 11 is 9.72. The summed E-state index contributed by atoms with van der Waals surface area (Å²) < 4.78 is 0. The molecule has 2 fully saturated rings. The van der Waals surface area contributed by atoms with E-state index in [4.69, 9.17) is 17.3 Å². The van der Waals surface area contributed by atoms with Gasteiger partial charge in [-0.15, -0.1) is 23.5 Å². The van der Waals surface area contributed by atoms with Crippen molar-refractivity contribution in [1.82, 2.24) is 0 Å². The number of hydrogen-bond acceptors (Lipinski definition) is 3. The predicted molar refractivity (Wildman–Crippen MR) is 47.4 cm³/mol. The minimum atomic E-state index is 0.0771. The molecule has 54 valence electrons. The summed E-state index contributed by atoms with van der Waals surface area (Å²) in [5.74, 6) is 0. The van der Waals surface area contributed by atoms with Crippen molar-refractivity contribution in [2.24, 2.45) is 5.73 Å². The van der Waals surface area contributed by atoms with Crippen molar-refractivity contribution >= 4 is 35.1 Å². The number of thioether (sulfide) groups is 2. The summed E-state index contributed by atoms with van der Waals surface area (Å²) in [4.78, 5) is 0.0771. The number of nitrogens with two attached hydrogens (primary N) is 1. The zero-order valence-electron chi connectivity index (χ0n) is 5.08. The summed E-state index contributed by atoms with van der Waals surface area (Å²) in [6, 6.07) is 0. The standard InChI is InChI=1S/C6H6ClNS2/c7-2-1-3-6(8,10-3)5-4(2)9-5/h1,3-5H,8H2. The molecule has 0 aromatic rings. The van der Waals surface area contributed by atoms with Crippen LogP contribution in [0, 0.1) is 0 Å². The van der Waals surface area contributed by atoms with E-state index in [9.17, 15) is 0 Å². The molecular weight excluding hydrogens is 186 g/mol. The van der Waals surface area contributed by atoms with E-state index in [2.05, 4.69) is 6.08 Å². The molecular formula is C6H6ClNS2. The SMILES string of the molecule is NC12SC1C=C(Cl)C1SC12. The first-order valence-electron chi connectivity index (χ1n) is 3.21. The van der Waals surface area contributed by atoms with E-state index in [-0.39, 0.29) is 4.87 Å². The van der Waals surface area contributed by atoms with Crippen molar-refractivity contribution in [3.63, 3.8) is 0 Å². The summed E-state index contributed by atoms with van der Waals surface area (Å²) in [7, 11) is 0. The highest BCUT2D eigenvalue weighted by Crippen LogP contribution is 2.69. The first-order chi connectivity index (χ1) is 4.72. The average Bonchev–Trinajstić information content (AvgIpc) is 2.61. The van der Waals surface area contributed by atoms with Gasteiger partial charge in [-0.25, -0.2) is 0 Å². The van der Waals surface area contributed by atoms with E-state index in [0.29, 0.717) is 15.7 Å². The first kappa shape index (κ1) is 6.23.